The fraction of sp³-hybridized carbons (Fsp3) is 0.136. The number of nitrogens with one attached hydrogen (secondary N) is 2. The van der Waals surface area contributed by atoms with E-state index in [0.717, 1.165) is 33.9 Å². The first-order valence-corrected chi connectivity index (χ1v) is 8.96. The van der Waals surface area contributed by atoms with Crippen LogP contribution in [-0.4, -0.2) is 17.9 Å². The van der Waals surface area contributed by atoms with Crippen LogP contribution in [0.4, 0.5) is 5.69 Å². The summed E-state index contributed by atoms with van der Waals surface area (Å²) in [5.74, 6) is 0.485. The molecule has 3 aromatic carbocycles. The molecule has 0 radical (unpaired) electrons. The molecular formula is C22H20N2O4. The van der Waals surface area contributed by atoms with Crippen molar-refractivity contribution in [1.29, 1.82) is 0 Å². The van der Waals surface area contributed by atoms with E-state index >= 15 is 0 Å². The van der Waals surface area contributed by atoms with Gasteiger partial charge < -0.3 is 14.8 Å². The van der Waals surface area contributed by atoms with Gasteiger partial charge in [-0.1, -0.05) is 48.5 Å². The number of fused-ring (bicyclic) bond motifs is 1. The number of hydroxylamine groups is 1. The lowest BCUT2D eigenvalue weighted by atomic mass is 9.90. The topological polar surface area (TPSA) is 79.8 Å². The smallest absolute Gasteiger partial charge is 0.255 e. The second kappa shape index (κ2) is 8.02. The lowest BCUT2D eigenvalue weighted by Crippen LogP contribution is -2.27. The standard InChI is InChI=1S/C22H20N2O4/c25-22(24-26)21(16-4-2-1-3-5-16)17-7-9-18(10-8-17)23-13-15-6-11-19-20(12-15)28-14-27-19/h1-12,21,23,26H,13-14H2,(H,24,25). The van der Waals surface area contributed by atoms with Crippen molar-refractivity contribution in [3.8, 4) is 11.5 Å². The maximum Gasteiger partial charge on any atom is 0.255 e. The van der Waals surface area contributed by atoms with Crippen molar-refractivity contribution in [2.45, 2.75) is 12.5 Å². The van der Waals surface area contributed by atoms with Crippen LogP contribution in [0, 0.1) is 0 Å². The number of hydrogen-bond acceptors (Lipinski definition) is 5. The van der Waals surface area contributed by atoms with Crippen LogP contribution >= 0.6 is 0 Å². The molecular weight excluding hydrogens is 356 g/mol. The van der Waals surface area contributed by atoms with E-state index in [4.69, 9.17) is 14.7 Å². The third kappa shape index (κ3) is 3.77. The molecule has 4 rings (SSSR count). The van der Waals surface area contributed by atoms with Gasteiger partial charge in [0.25, 0.3) is 5.91 Å². The van der Waals surface area contributed by atoms with E-state index in [2.05, 4.69) is 5.32 Å². The van der Waals surface area contributed by atoms with Crippen LogP contribution in [0.5, 0.6) is 11.5 Å². The van der Waals surface area contributed by atoms with Crippen LogP contribution in [0.15, 0.2) is 72.8 Å². The fourth-order valence-electron chi connectivity index (χ4n) is 3.25. The Morgan fingerprint density at radius 3 is 2.39 bits per heavy atom. The van der Waals surface area contributed by atoms with Gasteiger partial charge in [-0.15, -0.1) is 0 Å². The summed E-state index contributed by atoms with van der Waals surface area (Å²) in [5, 5.41) is 12.5. The Hall–Kier alpha value is -3.51. The van der Waals surface area contributed by atoms with E-state index in [0.29, 0.717) is 6.54 Å². The summed E-state index contributed by atoms with van der Waals surface area (Å²) in [5.41, 5.74) is 5.39. The highest BCUT2D eigenvalue weighted by Gasteiger charge is 2.22. The van der Waals surface area contributed by atoms with Crippen LogP contribution in [0.1, 0.15) is 22.6 Å². The zero-order valence-electron chi connectivity index (χ0n) is 15.1. The summed E-state index contributed by atoms with van der Waals surface area (Å²) in [6.07, 6.45) is 0. The van der Waals surface area contributed by atoms with Crippen molar-refractivity contribution in [3.05, 3.63) is 89.5 Å². The molecule has 1 unspecified atom stereocenters. The fourth-order valence-corrected chi connectivity index (χ4v) is 3.25. The number of anilines is 1. The first-order chi connectivity index (χ1) is 13.7. The van der Waals surface area contributed by atoms with Gasteiger partial charge in [0.1, 0.15) is 0 Å². The molecule has 0 spiro atoms. The molecule has 0 aromatic heterocycles. The predicted octanol–water partition coefficient (Wildman–Crippen LogP) is 3.66. The van der Waals surface area contributed by atoms with E-state index in [9.17, 15) is 4.79 Å². The third-order valence-electron chi connectivity index (χ3n) is 4.68. The Labute approximate surface area is 162 Å². The van der Waals surface area contributed by atoms with Crippen LogP contribution in [0.25, 0.3) is 0 Å². The monoisotopic (exact) mass is 376 g/mol. The predicted molar refractivity (Wildman–Crippen MR) is 105 cm³/mol. The number of ether oxygens (including phenoxy) is 2. The van der Waals surface area contributed by atoms with Gasteiger partial charge in [0.2, 0.25) is 6.79 Å². The van der Waals surface area contributed by atoms with E-state index in [-0.39, 0.29) is 6.79 Å². The molecule has 3 aromatic rings. The Morgan fingerprint density at radius 1 is 0.929 bits per heavy atom. The maximum absolute atomic E-state index is 12.2. The van der Waals surface area contributed by atoms with Crippen molar-refractivity contribution in [3.63, 3.8) is 0 Å². The highest BCUT2D eigenvalue weighted by Crippen LogP contribution is 2.32. The van der Waals surface area contributed by atoms with Crippen LogP contribution in [-0.2, 0) is 11.3 Å². The van der Waals surface area contributed by atoms with Crippen molar-refractivity contribution in [2.24, 2.45) is 0 Å². The molecule has 1 aliphatic heterocycles. The van der Waals surface area contributed by atoms with Gasteiger partial charge in [-0.05, 0) is 41.0 Å². The van der Waals surface area contributed by atoms with Crippen LogP contribution in [0.2, 0.25) is 0 Å². The van der Waals surface area contributed by atoms with E-state index in [1.165, 1.54) is 0 Å². The lowest BCUT2D eigenvalue weighted by Gasteiger charge is -2.16. The van der Waals surface area contributed by atoms with E-state index < -0.39 is 11.8 Å². The van der Waals surface area contributed by atoms with Gasteiger partial charge >= 0.3 is 0 Å². The molecule has 1 atom stereocenters. The molecule has 6 nitrogen and oxygen atoms in total. The second-order valence-corrected chi connectivity index (χ2v) is 6.48. The summed E-state index contributed by atoms with van der Waals surface area (Å²) in [6.45, 7) is 0.896. The molecule has 1 aliphatic rings. The second-order valence-electron chi connectivity index (χ2n) is 6.48. The first-order valence-electron chi connectivity index (χ1n) is 8.96. The number of hydrogen-bond donors (Lipinski definition) is 3. The summed E-state index contributed by atoms with van der Waals surface area (Å²) < 4.78 is 10.7. The van der Waals surface area contributed by atoms with E-state index in [1.54, 1.807) is 5.48 Å². The molecule has 1 amide bonds. The SMILES string of the molecule is O=C(NO)C(c1ccccc1)c1ccc(NCc2ccc3c(c2)OCO3)cc1. The molecule has 0 bridgehead atoms. The first kappa shape index (κ1) is 17.9. The number of carbonyl (C=O) groups is 1. The minimum Gasteiger partial charge on any atom is -0.454 e. The highest BCUT2D eigenvalue weighted by atomic mass is 16.7. The Kier molecular flexibility index (Phi) is 5.12. The largest absolute Gasteiger partial charge is 0.454 e. The molecule has 0 saturated carbocycles. The molecule has 6 heteroatoms. The summed E-state index contributed by atoms with van der Waals surface area (Å²) in [4.78, 5) is 12.2. The summed E-state index contributed by atoms with van der Waals surface area (Å²) in [7, 11) is 0. The molecule has 3 N–H and O–H groups in total. The Bertz CT molecular complexity index is 958. The number of benzene rings is 3. The summed E-state index contributed by atoms with van der Waals surface area (Å²) in [6, 6.07) is 22.8. The van der Waals surface area contributed by atoms with Crippen LogP contribution < -0.4 is 20.3 Å². The number of rotatable bonds is 6. The van der Waals surface area contributed by atoms with Crippen molar-refractivity contribution in [2.75, 3.05) is 12.1 Å². The molecule has 142 valence electrons. The van der Waals surface area contributed by atoms with Gasteiger partial charge in [0.05, 0.1) is 5.92 Å². The lowest BCUT2D eigenvalue weighted by molar-refractivity contribution is -0.129. The average molecular weight is 376 g/mol. The Balaban J connectivity index is 1.47. The van der Waals surface area contributed by atoms with Crippen molar-refractivity contribution < 1.29 is 19.5 Å². The van der Waals surface area contributed by atoms with E-state index in [1.807, 2.05) is 72.8 Å². The van der Waals surface area contributed by atoms with Crippen molar-refractivity contribution in [1.82, 2.24) is 5.48 Å². The zero-order chi connectivity index (χ0) is 19.3. The Morgan fingerprint density at radius 2 is 1.64 bits per heavy atom. The molecule has 0 aliphatic carbocycles. The molecule has 28 heavy (non-hydrogen) atoms. The molecule has 1 heterocycles. The molecule has 0 saturated heterocycles. The zero-order valence-corrected chi connectivity index (χ0v) is 15.1. The van der Waals surface area contributed by atoms with Crippen molar-refractivity contribution >= 4 is 11.6 Å². The van der Waals surface area contributed by atoms with Gasteiger partial charge in [-0.25, -0.2) is 5.48 Å². The van der Waals surface area contributed by atoms with Gasteiger partial charge in [-0.2, -0.15) is 0 Å². The molecule has 0 fully saturated rings. The quantitative estimate of drug-likeness (QED) is 0.452. The minimum atomic E-state index is -0.575. The normalized spacial score (nSPS) is 13.0. The highest BCUT2D eigenvalue weighted by molar-refractivity contribution is 5.86. The van der Waals surface area contributed by atoms with Gasteiger partial charge in [-0.3, -0.25) is 10.0 Å². The van der Waals surface area contributed by atoms with Gasteiger partial charge in [0, 0.05) is 12.2 Å². The number of amides is 1. The van der Waals surface area contributed by atoms with Crippen LogP contribution in [0.3, 0.4) is 0 Å². The average Bonchev–Trinajstić information content (AvgIpc) is 3.22. The minimum absolute atomic E-state index is 0.262. The number of carbonyl (C=O) groups excluding carboxylic acids is 1. The third-order valence-corrected chi connectivity index (χ3v) is 4.68. The van der Waals surface area contributed by atoms with Gasteiger partial charge in [0.15, 0.2) is 11.5 Å². The summed E-state index contributed by atoms with van der Waals surface area (Å²) >= 11 is 0. The maximum atomic E-state index is 12.2.